The number of benzene rings is 2. The van der Waals surface area contributed by atoms with Crippen LogP contribution in [-0.4, -0.2) is 23.3 Å². The number of nitrogens with one attached hydrogen (secondary N) is 2. The Balaban J connectivity index is 1.44. The lowest BCUT2D eigenvalue weighted by Crippen LogP contribution is -2.27. The molecule has 0 spiro atoms. The Morgan fingerprint density at radius 3 is 2.62 bits per heavy atom. The average Bonchev–Trinajstić information content (AvgIpc) is 2.74. The van der Waals surface area contributed by atoms with Gasteiger partial charge in [0.2, 0.25) is 5.91 Å². The Hall–Kier alpha value is -3.19. The molecule has 0 atom stereocenters. The van der Waals surface area contributed by atoms with Crippen molar-refractivity contribution in [2.24, 2.45) is 0 Å². The third kappa shape index (κ3) is 6.73. The summed E-state index contributed by atoms with van der Waals surface area (Å²) in [4.78, 5) is 28.2. The molecule has 29 heavy (non-hydrogen) atoms. The van der Waals surface area contributed by atoms with Crippen molar-refractivity contribution in [2.45, 2.75) is 13.0 Å². The van der Waals surface area contributed by atoms with Gasteiger partial charge in [0.05, 0.1) is 0 Å². The van der Waals surface area contributed by atoms with Gasteiger partial charge in [-0.3, -0.25) is 14.6 Å². The molecule has 2 N–H and O–H groups in total. The number of hydrogen-bond donors (Lipinski definition) is 2. The zero-order valence-electron chi connectivity index (χ0n) is 15.6. The van der Waals surface area contributed by atoms with Crippen molar-refractivity contribution in [1.29, 1.82) is 0 Å². The van der Waals surface area contributed by atoms with Crippen LogP contribution in [0.25, 0.3) is 0 Å². The van der Waals surface area contributed by atoms with Gasteiger partial charge in [-0.15, -0.1) is 0 Å². The highest BCUT2D eigenvalue weighted by Crippen LogP contribution is 2.18. The third-order valence-electron chi connectivity index (χ3n) is 3.99. The van der Waals surface area contributed by atoms with E-state index in [-0.39, 0.29) is 24.8 Å². The molecule has 0 fully saturated rings. The number of pyridine rings is 1. The molecule has 0 bridgehead atoms. The molecule has 2 aromatic carbocycles. The SMILES string of the molecule is O=C(CCNC(=O)c1ccc(Br)cc1)Nc1cccc(OCc2cccnc2)c1. The summed E-state index contributed by atoms with van der Waals surface area (Å²) < 4.78 is 6.64. The number of aromatic nitrogens is 1. The molecule has 0 aliphatic heterocycles. The number of anilines is 1. The summed E-state index contributed by atoms with van der Waals surface area (Å²) in [5.74, 6) is 0.247. The molecule has 0 radical (unpaired) electrons. The van der Waals surface area contributed by atoms with Crippen LogP contribution in [-0.2, 0) is 11.4 Å². The Kier molecular flexibility index (Phi) is 7.35. The maximum absolute atomic E-state index is 12.1. The van der Waals surface area contributed by atoms with Gasteiger partial charge in [0, 0.05) is 52.7 Å². The highest BCUT2D eigenvalue weighted by molar-refractivity contribution is 9.10. The van der Waals surface area contributed by atoms with Crippen LogP contribution in [0.4, 0.5) is 5.69 Å². The fourth-order valence-electron chi connectivity index (χ4n) is 2.53. The van der Waals surface area contributed by atoms with Gasteiger partial charge >= 0.3 is 0 Å². The van der Waals surface area contributed by atoms with Gasteiger partial charge in [0.1, 0.15) is 12.4 Å². The van der Waals surface area contributed by atoms with Crippen LogP contribution in [0.1, 0.15) is 22.3 Å². The van der Waals surface area contributed by atoms with Crippen LogP contribution in [0.5, 0.6) is 5.75 Å². The van der Waals surface area contributed by atoms with E-state index in [4.69, 9.17) is 4.74 Å². The minimum Gasteiger partial charge on any atom is -0.489 e. The molecule has 0 aliphatic rings. The van der Waals surface area contributed by atoms with Gasteiger partial charge in [-0.25, -0.2) is 0 Å². The zero-order chi connectivity index (χ0) is 20.5. The summed E-state index contributed by atoms with van der Waals surface area (Å²) >= 11 is 3.33. The first-order chi connectivity index (χ1) is 14.1. The van der Waals surface area contributed by atoms with E-state index in [0.29, 0.717) is 23.6 Å². The maximum Gasteiger partial charge on any atom is 0.251 e. The van der Waals surface area contributed by atoms with Crippen LogP contribution < -0.4 is 15.4 Å². The van der Waals surface area contributed by atoms with Crippen molar-refractivity contribution in [3.05, 3.63) is 88.7 Å². The van der Waals surface area contributed by atoms with E-state index in [0.717, 1.165) is 10.0 Å². The molecule has 0 aliphatic carbocycles. The molecular formula is C22H20BrN3O3. The largest absolute Gasteiger partial charge is 0.489 e. The number of halogens is 1. The first-order valence-corrected chi connectivity index (χ1v) is 9.85. The second-order valence-corrected chi connectivity index (χ2v) is 7.15. The van der Waals surface area contributed by atoms with Crippen molar-refractivity contribution in [1.82, 2.24) is 10.3 Å². The van der Waals surface area contributed by atoms with E-state index in [1.54, 1.807) is 48.8 Å². The first-order valence-electron chi connectivity index (χ1n) is 9.05. The number of carbonyl (C=O) groups excluding carboxylic acids is 2. The molecule has 3 rings (SSSR count). The summed E-state index contributed by atoms with van der Waals surface area (Å²) in [5.41, 5.74) is 2.15. The predicted octanol–water partition coefficient (Wildman–Crippen LogP) is 4.18. The van der Waals surface area contributed by atoms with E-state index in [1.807, 2.05) is 24.3 Å². The number of ether oxygens (including phenoxy) is 1. The Morgan fingerprint density at radius 1 is 1.03 bits per heavy atom. The van der Waals surface area contributed by atoms with Crippen LogP contribution >= 0.6 is 15.9 Å². The van der Waals surface area contributed by atoms with E-state index >= 15 is 0 Å². The molecule has 2 amide bonds. The molecule has 7 heteroatoms. The molecular weight excluding hydrogens is 434 g/mol. The number of carbonyl (C=O) groups is 2. The molecule has 0 saturated heterocycles. The lowest BCUT2D eigenvalue weighted by Gasteiger charge is -2.10. The Morgan fingerprint density at radius 2 is 1.86 bits per heavy atom. The number of rotatable bonds is 8. The second-order valence-electron chi connectivity index (χ2n) is 6.24. The summed E-state index contributed by atoms with van der Waals surface area (Å²) in [7, 11) is 0. The Bertz CT molecular complexity index is 963. The molecule has 3 aromatic rings. The van der Waals surface area contributed by atoms with Crippen LogP contribution in [0, 0.1) is 0 Å². The molecule has 0 saturated carbocycles. The standard InChI is InChI=1S/C22H20BrN3O3/c23-18-8-6-17(7-9-18)22(28)25-12-10-21(27)26-19-4-1-5-20(13-19)29-15-16-3-2-11-24-14-16/h1-9,11,13-14H,10,12,15H2,(H,25,28)(H,26,27). The average molecular weight is 454 g/mol. The van der Waals surface area contributed by atoms with Gasteiger partial charge in [-0.05, 0) is 42.5 Å². The van der Waals surface area contributed by atoms with E-state index < -0.39 is 0 Å². The van der Waals surface area contributed by atoms with Crippen molar-refractivity contribution < 1.29 is 14.3 Å². The molecule has 6 nitrogen and oxygen atoms in total. The fourth-order valence-corrected chi connectivity index (χ4v) is 2.79. The maximum atomic E-state index is 12.1. The van der Waals surface area contributed by atoms with Crippen molar-refractivity contribution >= 4 is 33.4 Å². The molecule has 148 valence electrons. The number of amides is 2. The van der Waals surface area contributed by atoms with Crippen LogP contribution in [0.3, 0.4) is 0 Å². The lowest BCUT2D eigenvalue weighted by atomic mass is 10.2. The smallest absolute Gasteiger partial charge is 0.251 e. The van der Waals surface area contributed by atoms with Gasteiger partial charge in [-0.2, -0.15) is 0 Å². The normalized spacial score (nSPS) is 10.2. The van der Waals surface area contributed by atoms with Gasteiger partial charge in [-0.1, -0.05) is 28.1 Å². The van der Waals surface area contributed by atoms with Crippen molar-refractivity contribution in [3.63, 3.8) is 0 Å². The highest BCUT2D eigenvalue weighted by Gasteiger charge is 2.07. The minimum absolute atomic E-state index is 0.170. The quantitative estimate of drug-likeness (QED) is 0.535. The number of hydrogen-bond acceptors (Lipinski definition) is 4. The summed E-state index contributed by atoms with van der Waals surface area (Å²) in [6.07, 6.45) is 3.62. The topological polar surface area (TPSA) is 80.3 Å². The molecule has 1 aromatic heterocycles. The Labute approximate surface area is 177 Å². The van der Waals surface area contributed by atoms with Crippen molar-refractivity contribution in [2.75, 3.05) is 11.9 Å². The van der Waals surface area contributed by atoms with Gasteiger partial charge in [0.25, 0.3) is 5.91 Å². The highest BCUT2D eigenvalue weighted by atomic mass is 79.9. The summed E-state index contributed by atoms with van der Waals surface area (Å²) in [5, 5.41) is 5.55. The fraction of sp³-hybridized carbons (Fsp3) is 0.136. The molecule has 0 unspecified atom stereocenters. The van der Waals surface area contributed by atoms with Crippen molar-refractivity contribution in [3.8, 4) is 5.75 Å². The van der Waals surface area contributed by atoms with Gasteiger partial charge in [0.15, 0.2) is 0 Å². The van der Waals surface area contributed by atoms with Crippen LogP contribution in [0.15, 0.2) is 77.5 Å². The van der Waals surface area contributed by atoms with E-state index in [2.05, 4.69) is 31.5 Å². The number of nitrogens with zero attached hydrogens (tertiary/aromatic N) is 1. The van der Waals surface area contributed by atoms with E-state index in [1.165, 1.54) is 0 Å². The third-order valence-corrected chi connectivity index (χ3v) is 4.52. The first kappa shape index (κ1) is 20.5. The summed E-state index contributed by atoms with van der Waals surface area (Å²) in [6.45, 7) is 0.644. The van der Waals surface area contributed by atoms with Gasteiger partial charge < -0.3 is 15.4 Å². The predicted molar refractivity (Wildman–Crippen MR) is 115 cm³/mol. The van der Waals surface area contributed by atoms with E-state index in [9.17, 15) is 9.59 Å². The second kappa shape index (κ2) is 10.4. The lowest BCUT2D eigenvalue weighted by molar-refractivity contribution is -0.116. The zero-order valence-corrected chi connectivity index (χ0v) is 17.2. The monoisotopic (exact) mass is 453 g/mol. The minimum atomic E-state index is -0.212. The molecule has 1 heterocycles. The van der Waals surface area contributed by atoms with Crippen LogP contribution in [0.2, 0.25) is 0 Å². The summed E-state index contributed by atoms with van der Waals surface area (Å²) in [6, 6.07) is 18.0.